The zero-order valence-electron chi connectivity index (χ0n) is 12.9. The Morgan fingerprint density at radius 3 is 2.57 bits per heavy atom. The van der Waals surface area contributed by atoms with Crippen molar-refractivity contribution in [2.45, 2.75) is 45.3 Å². The van der Waals surface area contributed by atoms with Gasteiger partial charge in [0.05, 0.1) is 6.61 Å². The van der Waals surface area contributed by atoms with Gasteiger partial charge in [-0.05, 0) is 36.7 Å². The number of carbonyl (C=O) groups is 1. The van der Waals surface area contributed by atoms with Crippen molar-refractivity contribution >= 4 is 6.09 Å². The average molecular weight is 291 g/mol. The first kappa shape index (κ1) is 15.8. The molecule has 1 fully saturated rings. The Labute approximate surface area is 126 Å². The predicted molar refractivity (Wildman–Crippen MR) is 82.0 cm³/mol. The fourth-order valence-corrected chi connectivity index (χ4v) is 2.88. The molecule has 0 heterocycles. The van der Waals surface area contributed by atoms with Crippen molar-refractivity contribution < 1.29 is 14.3 Å². The molecule has 0 aliphatic heterocycles. The molecule has 1 aliphatic rings. The van der Waals surface area contributed by atoms with Crippen LogP contribution in [0.3, 0.4) is 0 Å². The van der Waals surface area contributed by atoms with Gasteiger partial charge in [0, 0.05) is 13.2 Å². The first-order chi connectivity index (χ1) is 10.1. The van der Waals surface area contributed by atoms with Gasteiger partial charge in [0.1, 0.15) is 6.61 Å². The molecule has 0 bridgehead atoms. The molecule has 1 aromatic carbocycles. The summed E-state index contributed by atoms with van der Waals surface area (Å²) in [5, 5.41) is 2.97. The summed E-state index contributed by atoms with van der Waals surface area (Å²) in [4.78, 5) is 11.8. The van der Waals surface area contributed by atoms with Crippen LogP contribution in [0.2, 0.25) is 0 Å². The maximum atomic E-state index is 11.8. The molecule has 4 heteroatoms. The third-order valence-electron chi connectivity index (χ3n) is 4.22. The van der Waals surface area contributed by atoms with Gasteiger partial charge in [0.15, 0.2) is 0 Å². The standard InChI is InChI=1S/C17H25NO3/c1-17(13-20-2)10-8-15(9-11-17)18-16(19)21-12-14-6-4-3-5-7-14/h3-7,15H,8-13H2,1-2H3,(H,18,19). The highest BCUT2D eigenvalue weighted by atomic mass is 16.5. The minimum Gasteiger partial charge on any atom is -0.445 e. The lowest BCUT2D eigenvalue weighted by molar-refractivity contribution is 0.0535. The van der Waals surface area contributed by atoms with E-state index in [1.165, 1.54) is 0 Å². The topological polar surface area (TPSA) is 47.6 Å². The largest absolute Gasteiger partial charge is 0.445 e. The van der Waals surface area contributed by atoms with Gasteiger partial charge >= 0.3 is 6.09 Å². The summed E-state index contributed by atoms with van der Waals surface area (Å²) in [6.45, 7) is 3.36. The van der Waals surface area contributed by atoms with Crippen molar-refractivity contribution in [2.24, 2.45) is 5.41 Å². The van der Waals surface area contributed by atoms with Crippen LogP contribution in [0.25, 0.3) is 0 Å². The fourth-order valence-electron chi connectivity index (χ4n) is 2.88. The quantitative estimate of drug-likeness (QED) is 0.903. The number of rotatable bonds is 5. The maximum absolute atomic E-state index is 11.8. The summed E-state index contributed by atoms with van der Waals surface area (Å²) in [6.07, 6.45) is 3.80. The van der Waals surface area contributed by atoms with E-state index in [0.29, 0.717) is 6.61 Å². The van der Waals surface area contributed by atoms with Gasteiger partial charge in [-0.2, -0.15) is 0 Å². The lowest BCUT2D eigenvalue weighted by Crippen LogP contribution is -2.41. The molecule has 1 aromatic rings. The zero-order chi connectivity index (χ0) is 15.1. The van der Waals surface area contributed by atoms with E-state index in [2.05, 4.69) is 12.2 Å². The van der Waals surface area contributed by atoms with Crippen molar-refractivity contribution in [1.82, 2.24) is 5.32 Å². The van der Waals surface area contributed by atoms with Gasteiger partial charge in [-0.3, -0.25) is 0 Å². The molecule has 4 nitrogen and oxygen atoms in total. The number of benzene rings is 1. The molecule has 0 spiro atoms. The minimum atomic E-state index is -0.320. The first-order valence-corrected chi connectivity index (χ1v) is 7.57. The Balaban J connectivity index is 1.70. The van der Waals surface area contributed by atoms with E-state index in [-0.39, 0.29) is 17.6 Å². The number of alkyl carbamates (subject to hydrolysis) is 1. The van der Waals surface area contributed by atoms with Crippen LogP contribution in [0.15, 0.2) is 30.3 Å². The molecule has 1 N–H and O–H groups in total. The number of nitrogens with one attached hydrogen (secondary N) is 1. The Hall–Kier alpha value is -1.55. The molecule has 0 atom stereocenters. The second-order valence-electron chi connectivity index (χ2n) is 6.22. The molecular formula is C17H25NO3. The molecule has 21 heavy (non-hydrogen) atoms. The monoisotopic (exact) mass is 291 g/mol. The summed E-state index contributed by atoms with van der Waals surface area (Å²) in [6, 6.07) is 9.94. The van der Waals surface area contributed by atoms with Gasteiger partial charge in [-0.1, -0.05) is 37.3 Å². The molecule has 0 saturated heterocycles. The summed E-state index contributed by atoms with van der Waals surface area (Å²) >= 11 is 0. The van der Waals surface area contributed by atoms with Gasteiger partial charge in [0.25, 0.3) is 0 Å². The predicted octanol–water partition coefficient (Wildman–Crippen LogP) is 3.51. The van der Waals surface area contributed by atoms with Gasteiger partial charge in [-0.15, -0.1) is 0 Å². The van der Waals surface area contributed by atoms with Gasteiger partial charge in [-0.25, -0.2) is 4.79 Å². The van der Waals surface area contributed by atoms with Crippen LogP contribution >= 0.6 is 0 Å². The summed E-state index contributed by atoms with van der Waals surface area (Å²) < 4.78 is 10.5. The van der Waals surface area contributed by atoms with E-state index < -0.39 is 0 Å². The van der Waals surface area contributed by atoms with Crippen molar-refractivity contribution in [1.29, 1.82) is 0 Å². The number of ether oxygens (including phenoxy) is 2. The van der Waals surface area contributed by atoms with E-state index in [4.69, 9.17) is 9.47 Å². The van der Waals surface area contributed by atoms with Gasteiger partial charge < -0.3 is 14.8 Å². The highest BCUT2D eigenvalue weighted by Crippen LogP contribution is 2.35. The Kier molecular flexibility index (Phi) is 5.62. The highest BCUT2D eigenvalue weighted by Gasteiger charge is 2.31. The number of hydrogen-bond donors (Lipinski definition) is 1. The van der Waals surface area contributed by atoms with E-state index in [9.17, 15) is 4.79 Å². The lowest BCUT2D eigenvalue weighted by atomic mass is 9.74. The molecule has 116 valence electrons. The number of amides is 1. The summed E-state index contributed by atoms with van der Waals surface area (Å²) in [7, 11) is 1.75. The fraction of sp³-hybridized carbons (Fsp3) is 0.588. The van der Waals surface area contributed by atoms with Crippen LogP contribution in [0.4, 0.5) is 4.79 Å². The maximum Gasteiger partial charge on any atom is 0.407 e. The van der Waals surface area contributed by atoms with E-state index >= 15 is 0 Å². The number of methoxy groups -OCH3 is 1. The molecule has 2 rings (SSSR count). The zero-order valence-corrected chi connectivity index (χ0v) is 12.9. The Bertz CT molecular complexity index is 439. The number of carbonyl (C=O) groups excluding carboxylic acids is 1. The van der Waals surface area contributed by atoms with Crippen LogP contribution in [-0.4, -0.2) is 25.9 Å². The van der Waals surface area contributed by atoms with Crippen LogP contribution in [0, 0.1) is 5.41 Å². The van der Waals surface area contributed by atoms with Crippen LogP contribution in [0.5, 0.6) is 0 Å². The highest BCUT2D eigenvalue weighted by molar-refractivity contribution is 5.67. The lowest BCUT2D eigenvalue weighted by Gasteiger charge is -2.36. The first-order valence-electron chi connectivity index (χ1n) is 7.57. The Morgan fingerprint density at radius 1 is 1.29 bits per heavy atom. The van der Waals surface area contributed by atoms with Crippen molar-refractivity contribution in [3.63, 3.8) is 0 Å². The van der Waals surface area contributed by atoms with Crippen LogP contribution < -0.4 is 5.32 Å². The van der Waals surface area contributed by atoms with Crippen LogP contribution in [0.1, 0.15) is 38.2 Å². The normalized spacial score (nSPS) is 25.3. The third kappa shape index (κ3) is 5.05. The number of hydrogen-bond acceptors (Lipinski definition) is 3. The van der Waals surface area contributed by atoms with Gasteiger partial charge in [0.2, 0.25) is 0 Å². The van der Waals surface area contributed by atoms with E-state index in [1.807, 2.05) is 30.3 Å². The molecule has 0 unspecified atom stereocenters. The molecule has 1 amide bonds. The average Bonchev–Trinajstić information content (AvgIpc) is 2.49. The van der Waals surface area contributed by atoms with Crippen molar-refractivity contribution in [3.05, 3.63) is 35.9 Å². The smallest absolute Gasteiger partial charge is 0.407 e. The second kappa shape index (κ2) is 7.46. The Morgan fingerprint density at radius 2 is 1.95 bits per heavy atom. The van der Waals surface area contributed by atoms with E-state index in [1.54, 1.807) is 7.11 Å². The second-order valence-corrected chi connectivity index (χ2v) is 6.22. The van der Waals surface area contributed by atoms with E-state index in [0.717, 1.165) is 37.9 Å². The minimum absolute atomic E-state index is 0.221. The molecule has 0 aromatic heterocycles. The third-order valence-corrected chi connectivity index (χ3v) is 4.22. The SMILES string of the molecule is COCC1(C)CCC(NC(=O)OCc2ccccc2)CC1. The summed E-state index contributed by atoms with van der Waals surface area (Å²) in [5.41, 5.74) is 1.25. The van der Waals surface area contributed by atoms with Crippen molar-refractivity contribution in [3.8, 4) is 0 Å². The van der Waals surface area contributed by atoms with Crippen molar-refractivity contribution in [2.75, 3.05) is 13.7 Å². The summed E-state index contributed by atoms with van der Waals surface area (Å²) in [5.74, 6) is 0. The van der Waals surface area contributed by atoms with Crippen LogP contribution in [-0.2, 0) is 16.1 Å². The molecular weight excluding hydrogens is 266 g/mol. The molecule has 1 aliphatic carbocycles. The molecule has 0 radical (unpaired) electrons. The molecule has 1 saturated carbocycles.